The largest absolute Gasteiger partial charge is 0.459 e. The lowest BCUT2D eigenvalue weighted by atomic mass is 9.95. The van der Waals surface area contributed by atoms with Crippen LogP contribution in [0.25, 0.3) is 0 Å². The average Bonchev–Trinajstić information content (AvgIpc) is 3.19. The van der Waals surface area contributed by atoms with Gasteiger partial charge in [-0.3, -0.25) is 4.79 Å². The number of aliphatic hydroxyl groups is 1. The Morgan fingerprint density at radius 1 is 1.03 bits per heavy atom. The molecule has 1 N–H and O–H groups in total. The molecule has 0 radical (unpaired) electrons. The van der Waals surface area contributed by atoms with Crippen molar-refractivity contribution in [2.24, 2.45) is 0 Å². The Morgan fingerprint density at radius 3 is 2.37 bits per heavy atom. The smallest absolute Gasteiger partial charge is 0.410 e. The normalized spacial score (nSPS) is 21.4. The number of aliphatic hydroxyl groups excluding tert-OH is 1. The monoisotopic (exact) mass is 410 g/mol. The second-order valence-electron chi connectivity index (χ2n) is 7.64. The van der Waals surface area contributed by atoms with Crippen molar-refractivity contribution in [3.63, 3.8) is 0 Å². The highest BCUT2D eigenvalue weighted by Gasteiger charge is 2.35. The number of rotatable bonds is 5. The van der Waals surface area contributed by atoms with Crippen LogP contribution in [0.15, 0.2) is 54.6 Å². The molecule has 2 aliphatic heterocycles. The zero-order chi connectivity index (χ0) is 20.9. The molecule has 2 aliphatic rings. The number of ether oxygens (including phenoxy) is 2. The van der Waals surface area contributed by atoms with Gasteiger partial charge >= 0.3 is 12.1 Å². The van der Waals surface area contributed by atoms with Gasteiger partial charge in [-0.2, -0.15) is 0 Å². The third-order valence-corrected chi connectivity index (χ3v) is 5.67. The summed E-state index contributed by atoms with van der Waals surface area (Å²) in [7, 11) is 0. The van der Waals surface area contributed by atoms with Crippen LogP contribution < -0.4 is 4.90 Å². The van der Waals surface area contributed by atoms with Crippen LogP contribution in [0, 0.1) is 0 Å². The lowest BCUT2D eigenvalue weighted by Gasteiger charge is -2.35. The van der Waals surface area contributed by atoms with Crippen LogP contribution in [0.2, 0.25) is 0 Å². The van der Waals surface area contributed by atoms with Crippen molar-refractivity contribution in [3.8, 4) is 0 Å². The standard InChI is InChI=1S/C23H26N2O5/c26-15-20-14-21(22(27)30-20)18-6-8-19(9-7-18)24-10-12-25(13-11-24)23(28)29-16-17-4-2-1-3-5-17/h1-9,20-21,26H,10-16H2. The van der Waals surface area contributed by atoms with Crippen molar-refractivity contribution in [2.45, 2.75) is 25.0 Å². The molecule has 158 valence electrons. The summed E-state index contributed by atoms with van der Waals surface area (Å²) in [6.07, 6.45) is -0.178. The minimum atomic E-state index is -0.406. The number of carbonyl (C=O) groups is 2. The van der Waals surface area contributed by atoms with E-state index < -0.39 is 6.10 Å². The predicted octanol–water partition coefficient (Wildman–Crippen LogP) is 2.54. The van der Waals surface area contributed by atoms with Crippen molar-refractivity contribution in [1.29, 1.82) is 0 Å². The van der Waals surface area contributed by atoms with Crippen LogP contribution in [0.3, 0.4) is 0 Å². The van der Waals surface area contributed by atoms with E-state index in [0.717, 1.165) is 29.9 Å². The molecule has 2 aromatic rings. The summed E-state index contributed by atoms with van der Waals surface area (Å²) in [6, 6.07) is 17.5. The molecule has 0 spiro atoms. The first-order valence-electron chi connectivity index (χ1n) is 10.3. The van der Waals surface area contributed by atoms with Crippen molar-refractivity contribution < 1.29 is 24.2 Å². The van der Waals surface area contributed by atoms with Crippen LogP contribution >= 0.6 is 0 Å². The number of cyclic esters (lactones) is 1. The maximum Gasteiger partial charge on any atom is 0.410 e. The maximum absolute atomic E-state index is 12.3. The van der Waals surface area contributed by atoms with Gasteiger partial charge in [0.15, 0.2) is 0 Å². The first-order chi connectivity index (χ1) is 14.6. The number of benzene rings is 2. The summed E-state index contributed by atoms with van der Waals surface area (Å²) >= 11 is 0. The van der Waals surface area contributed by atoms with Crippen LogP contribution in [-0.4, -0.2) is 61.0 Å². The Balaban J connectivity index is 1.28. The van der Waals surface area contributed by atoms with E-state index in [2.05, 4.69) is 4.90 Å². The third kappa shape index (κ3) is 4.57. The summed E-state index contributed by atoms with van der Waals surface area (Å²) in [5, 5.41) is 9.19. The van der Waals surface area contributed by atoms with Crippen molar-refractivity contribution in [2.75, 3.05) is 37.7 Å². The van der Waals surface area contributed by atoms with Gasteiger partial charge in [-0.05, 0) is 23.3 Å². The molecule has 2 heterocycles. The first kappa shape index (κ1) is 20.2. The Bertz CT molecular complexity index is 863. The van der Waals surface area contributed by atoms with E-state index in [1.165, 1.54) is 0 Å². The maximum atomic E-state index is 12.3. The van der Waals surface area contributed by atoms with E-state index in [4.69, 9.17) is 9.47 Å². The van der Waals surface area contributed by atoms with Gasteiger partial charge in [0.25, 0.3) is 0 Å². The number of piperazine rings is 1. The Hall–Kier alpha value is -3.06. The molecule has 7 nitrogen and oxygen atoms in total. The second-order valence-corrected chi connectivity index (χ2v) is 7.64. The molecule has 0 saturated carbocycles. The average molecular weight is 410 g/mol. The molecule has 7 heteroatoms. The SMILES string of the molecule is O=C1OC(CO)CC1c1ccc(N2CCN(C(=O)OCc3ccccc3)CC2)cc1. The number of esters is 1. The third-order valence-electron chi connectivity index (χ3n) is 5.67. The Kier molecular flexibility index (Phi) is 6.18. The minimum absolute atomic E-state index is 0.140. The van der Waals surface area contributed by atoms with E-state index in [1.54, 1.807) is 4.90 Å². The summed E-state index contributed by atoms with van der Waals surface area (Å²) in [5.41, 5.74) is 2.94. The van der Waals surface area contributed by atoms with Gasteiger partial charge in [-0.15, -0.1) is 0 Å². The number of nitrogens with zero attached hydrogens (tertiary/aromatic N) is 2. The molecule has 2 saturated heterocycles. The molecule has 2 atom stereocenters. The van der Waals surface area contributed by atoms with E-state index in [0.29, 0.717) is 19.5 Å². The minimum Gasteiger partial charge on any atom is -0.459 e. The Morgan fingerprint density at radius 2 is 1.73 bits per heavy atom. The highest BCUT2D eigenvalue weighted by molar-refractivity contribution is 5.80. The summed E-state index contributed by atoms with van der Waals surface area (Å²) in [6.45, 7) is 2.78. The predicted molar refractivity (Wildman–Crippen MR) is 111 cm³/mol. The van der Waals surface area contributed by atoms with E-state index in [-0.39, 0.29) is 31.2 Å². The first-order valence-corrected chi connectivity index (χ1v) is 10.3. The Labute approximate surface area is 175 Å². The molecule has 0 aromatic heterocycles. The van der Waals surface area contributed by atoms with Crippen LogP contribution in [0.1, 0.15) is 23.5 Å². The number of anilines is 1. The van der Waals surface area contributed by atoms with Crippen molar-refractivity contribution in [1.82, 2.24) is 4.90 Å². The highest BCUT2D eigenvalue weighted by atomic mass is 16.6. The number of amides is 1. The van der Waals surface area contributed by atoms with E-state index >= 15 is 0 Å². The van der Waals surface area contributed by atoms with Gasteiger partial charge < -0.3 is 24.4 Å². The molecule has 0 aliphatic carbocycles. The number of carbonyl (C=O) groups excluding carboxylic acids is 2. The van der Waals surface area contributed by atoms with Gasteiger partial charge in [-0.25, -0.2) is 4.79 Å². The van der Waals surface area contributed by atoms with E-state index in [1.807, 2.05) is 54.6 Å². The molecule has 2 aromatic carbocycles. The fourth-order valence-corrected chi connectivity index (χ4v) is 3.91. The topological polar surface area (TPSA) is 79.3 Å². The molecular weight excluding hydrogens is 384 g/mol. The highest BCUT2D eigenvalue weighted by Crippen LogP contribution is 2.31. The molecule has 1 amide bonds. The quantitative estimate of drug-likeness (QED) is 0.764. The lowest BCUT2D eigenvalue weighted by molar-refractivity contribution is -0.143. The number of hydrogen-bond donors (Lipinski definition) is 1. The van der Waals surface area contributed by atoms with Gasteiger partial charge in [0.2, 0.25) is 0 Å². The second kappa shape index (κ2) is 9.17. The summed E-state index contributed by atoms with van der Waals surface area (Å²) in [4.78, 5) is 28.2. The van der Waals surface area contributed by atoms with Crippen LogP contribution in [0.5, 0.6) is 0 Å². The molecule has 0 bridgehead atoms. The molecular formula is C23H26N2O5. The summed E-state index contributed by atoms with van der Waals surface area (Å²) < 4.78 is 10.6. The van der Waals surface area contributed by atoms with Crippen molar-refractivity contribution in [3.05, 3.63) is 65.7 Å². The van der Waals surface area contributed by atoms with Gasteiger partial charge in [0.05, 0.1) is 12.5 Å². The van der Waals surface area contributed by atoms with Gasteiger partial charge in [0, 0.05) is 38.3 Å². The fourth-order valence-electron chi connectivity index (χ4n) is 3.91. The molecule has 2 fully saturated rings. The van der Waals surface area contributed by atoms with Gasteiger partial charge in [-0.1, -0.05) is 42.5 Å². The summed E-state index contributed by atoms with van der Waals surface area (Å²) in [5.74, 6) is -0.586. The van der Waals surface area contributed by atoms with E-state index in [9.17, 15) is 14.7 Å². The zero-order valence-corrected chi connectivity index (χ0v) is 16.8. The fraction of sp³-hybridized carbons (Fsp3) is 0.391. The molecule has 4 rings (SSSR count). The van der Waals surface area contributed by atoms with Gasteiger partial charge in [0.1, 0.15) is 12.7 Å². The van der Waals surface area contributed by atoms with Crippen LogP contribution in [0.4, 0.5) is 10.5 Å². The van der Waals surface area contributed by atoms with Crippen LogP contribution in [-0.2, 0) is 20.9 Å². The number of hydrogen-bond acceptors (Lipinski definition) is 6. The zero-order valence-electron chi connectivity index (χ0n) is 16.8. The molecule has 2 unspecified atom stereocenters. The van der Waals surface area contributed by atoms with Crippen molar-refractivity contribution >= 4 is 17.7 Å². The lowest BCUT2D eigenvalue weighted by Crippen LogP contribution is -2.48. The molecule has 30 heavy (non-hydrogen) atoms.